The number of halogens is 1. The molecule has 0 aromatic carbocycles. The minimum atomic E-state index is 0.669. The molecule has 0 saturated heterocycles. The number of hydrogen-bond donors (Lipinski definition) is 0. The van der Waals surface area contributed by atoms with Crippen LogP contribution < -0.4 is 0 Å². The van der Waals surface area contributed by atoms with Crippen molar-refractivity contribution in [3.05, 3.63) is 11.8 Å². The Morgan fingerprint density at radius 2 is 2.67 bits per heavy atom. The van der Waals surface area contributed by atoms with E-state index in [-0.39, 0.29) is 0 Å². The molecular formula is C7H10BrN. The molecule has 0 amide bonds. The summed E-state index contributed by atoms with van der Waals surface area (Å²) in [4.78, 5) is 4.14. The number of allylic oxidation sites excluding steroid dienone is 2. The topological polar surface area (TPSA) is 12.4 Å². The molecule has 1 nitrogen and oxygen atoms in total. The lowest BCUT2D eigenvalue weighted by molar-refractivity contribution is 0.772. The van der Waals surface area contributed by atoms with Gasteiger partial charge in [-0.3, -0.25) is 4.99 Å². The normalized spacial score (nSPS) is 26.0. The van der Waals surface area contributed by atoms with Gasteiger partial charge in [-0.15, -0.1) is 0 Å². The van der Waals surface area contributed by atoms with Gasteiger partial charge in [-0.1, -0.05) is 22.0 Å². The van der Waals surface area contributed by atoms with Gasteiger partial charge in [-0.2, -0.15) is 0 Å². The van der Waals surface area contributed by atoms with Gasteiger partial charge >= 0.3 is 0 Å². The van der Waals surface area contributed by atoms with Crippen molar-refractivity contribution < 1.29 is 0 Å². The number of nitrogens with zero attached hydrogens (tertiary/aromatic N) is 1. The SMILES string of the molecule is CC1=CC(CBr)CC=N1. The molecule has 0 aliphatic carbocycles. The van der Waals surface area contributed by atoms with Crippen LogP contribution in [0.15, 0.2) is 16.8 Å². The smallest absolute Gasteiger partial charge is 0.0332 e. The summed E-state index contributed by atoms with van der Waals surface area (Å²) in [6, 6.07) is 0. The summed E-state index contributed by atoms with van der Waals surface area (Å²) in [6.07, 6.45) is 5.28. The maximum absolute atomic E-state index is 4.14. The Morgan fingerprint density at radius 3 is 3.11 bits per heavy atom. The third-order valence-electron chi connectivity index (χ3n) is 1.38. The molecular weight excluding hydrogens is 178 g/mol. The van der Waals surface area contributed by atoms with Gasteiger partial charge in [0.15, 0.2) is 0 Å². The molecule has 1 atom stereocenters. The lowest BCUT2D eigenvalue weighted by atomic mass is 10.1. The molecule has 1 aliphatic rings. The van der Waals surface area contributed by atoms with Crippen molar-refractivity contribution in [2.45, 2.75) is 13.3 Å². The van der Waals surface area contributed by atoms with Crippen LogP contribution in [0.25, 0.3) is 0 Å². The third kappa shape index (κ3) is 1.94. The molecule has 1 unspecified atom stereocenters. The zero-order chi connectivity index (χ0) is 6.69. The average Bonchev–Trinajstić information content (AvgIpc) is 1.88. The van der Waals surface area contributed by atoms with Crippen molar-refractivity contribution in [3.63, 3.8) is 0 Å². The second kappa shape index (κ2) is 3.16. The predicted molar refractivity (Wildman–Crippen MR) is 44.2 cm³/mol. The van der Waals surface area contributed by atoms with Crippen LogP contribution in [0.3, 0.4) is 0 Å². The molecule has 0 radical (unpaired) electrons. The predicted octanol–water partition coefficient (Wildman–Crippen LogP) is 2.38. The Hall–Kier alpha value is -0.110. The molecule has 2 heteroatoms. The standard InChI is InChI=1S/C7H10BrN/c1-6-4-7(5-8)2-3-9-6/h3-4,7H,2,5H2,1H3. The molecule has 0 saturated carbocycles. The van der Waals surface area contributed by atoms with Crippen LogP contribution in [-0.2, 0) is 0 Å². The van der Waals surface area contributed by atoms with Crippen LogP contribution in [0, 0.1) is 5.92 Å². The lowest BCUT2D eigenvalue weighted by Gasteiger charge is -2.09. The van der Waals surface area contributed by atoms with Gasteiger partial charge < -0.3 is 0 Å². The first kappa shape index (κ1) is 7.00. The van der Waals surface area contributed by atoms with Crippen LogP contribution in [0.5, 0.6) is 0 Å². The Morgan fingerprint density at radius 1 is 1.89 bits per heavy atom. The number of alkyl halides is 1. The first-order chi connectivity index (χ1) is 4.33. The quantitative estimate of drug-likeness (QED) is 0.560. The minimum Gasteiger partial charge on any atom is -0.266 e. The van der Waals surface area contributed by atoms with Gasteiger partial charge in [0.1, 0.15) is 0 Å². The van der Waals surface area contributed by atoms with Gasteiger partial charge in [-0.05, 0) is 19.3 Å². The average molecular weight is 188 g/mol. The van der Waals surface area contributed by atoms with E-state index in [4.69, 9.17) is 0 Å². The largest absolute Gasteiger partial charge is 0.266 e. The van der Waals surface area contributed by atoms with Crippen LogP contribution in [-0.4, -0.2) is 11.5 Å². The molecule has 1 aliphatic heterocycles. The van der Waals surface area contributed by atoms with Crippen molar-refractivity contribution in [1.82, 2.24) is 0 Å². The molecule has 50 valence electrons. The molecule has 1 rings (SSSR count). The van der Waals surface area contributed by atoms with Crippen LogP contribution in [0.1, 0.15) is 13.3 Å². The van der Waals surface area contributed by atoms with Crippen LogP contribution >= 0.6 is 15.9 Å². The van der Waals surface area contributed by atoms with Gasteiger partial charge in [0.2, 0.25) is 0 Å². The van der Waals surface area contributed by atoms with E-state index >= 15 is 0 Å². The van der Waals surface area contributed by atoms with Gasteiger partial charge in [0.25, 0.3) is 0 Å². The summed E-state index contributed by atoms with van der Waals surface area (Å²) < 4.78 is 0. The van der Waals surface area contributed by atoms with Gasteiger partial charge in [-0.25, -0.2) is 0 Å². The second-order valence-electron chi connectivity index (χ2n) is 2.27. The van der Waals surface area contributed by atoms with Crippen LogP contribution in [0.2, 0.25) is 0 Å². The van der Waals surface area contributed by atoms with Crippen molar-refractivity contribution in [3.8, 4) is 0 Å². The van der Waals surface area contributed by atoms with E-state index in [9.17, 15) is 0 Å². The molecule has 9 heavy (non-hydrogen) atoms. The first-order valence-corrected chi connectivity index (χ1v) is 4.22. The zero-order valence-corrected chi connectivity index (χ0v) is 7.06. The summed E-state index contributed by atoms with van der Waals surface area (Å²) in [5.74, 6) is 0.669. The Kier molecular flexibility index (Phi) is 2.46. The summed E-state index contributed by atoms with van der Waals surface area (Å²) in [6.45, 7) is 2.03. The van der Waals surface area contributed by atoms with Crippen molar-refractivity contribution in [2.75, 3.05) is 5.33 Å². The van der Waals surface area contributed by atoms with Gasteiger partial charge in [0.05, 0.1) is 0 Å². The highest BCUT2D eigenvalue weighted by molar-refractivity contribution is 9.09. The van der Waals surface area contributed by atoms with Crippen molar-refractivity contribution >= 4 is 22.1 Å². The maximum atomic E-state index is 4.14. The first-order valence-electron chi connectivity index (χ1n) is 3.10. The number of rotatable bonds is 1. The highest BCUT2D eigenvalue weighted by atomic mass is 79.9. The molecule has 1 heterocycles. The Labute approximate surface area is 64.0 Å². The molecule has 0 N–H and O–H groups in total. The fourth-order valence-electron chi connectivity index (χ4n) is 0.892. The Balaban J connectivity index is 2.55. The van der Waals surface area contributed by atoms with Crippen molar-refractivity contribution in [1.29, 1.82) is 0 Å². The summed E-state index contributed by atoms with van der Waals surface area (Å²) in [7, 11) is 0. The molecule has 0 spiro atoms. The van der Waals surface area contributed by atoms with E-state index in [0.29, 0.717) is 5.92 Å². The van der Waals surface area contributed by atoms with Gasteiger partial charge in [0, 0.05) is 17.2 Å². The number of aliphatic imine (C=N–C) groups is 1. The van der Waals surface area contributed by atoms with E-state index in [0.717, 1.165) is 17.4 Å². The molecule has 0 fully saturated rings. The molecule has 0 aromatic heterocycles. The summed E-state index contributed by atoms with van der Waals surface area (Å²) in [5.41, 5.74) is 1.14. The summed E-state index contributed by atoms with van der Waals surface area (Å²) >= 11 is 3.43. The highest BCUT2D eigenvalue weighted by Gasteiger charge is 2.04. The Bertz CT molecular complexity index is 149. The lowest BCUT2D eigenvalue weighted by Crippen LogP contribution is -2.02. The van der Waals surface area contributed by atoms with E-state index in [2.05, 4.69) is 27.0 Å². The monoisotopic (exact) mass is 187 g/mol. The maximum Gasteiger partial charge on any atom is 0.0332 e. The number of hydrogen-bond acceptors (Lipinski definition) is 1. The van der Waals surface area contributed by atoms with E-state index in [1.807, 2.05) is 13.1 Å². The van der Waals surface area contributed by atoms with E-state index < -0.39 is 0 Å². The third-order valence-corrected chi connectivity index (χ3v) is 2.21. The van der Waals surface area contributed by atoms with E-state index in [1.165, 1.54) is 0 Å². The fraction of sp³-hybridized carbons (Fsp3) is 0.571. The van der Waals surface area contributed by atoms with Crippen LogP contribution in [0.4, 0.5) is 0 Å². The molecule has 0 bridgehead atoms. The highest BCUT2D eigenvalue weighted by Crippen LogP contribution is 2.14. The fourth-order valence-corrected chi connectivity index (χ4v) is 1.34. The minimum absolute atomic E-state index is 0.669. The molecule has 0 aromatic rings. The van der Waals surface area contributed by atoms with Crippen molar-refractivity contribution in [2.24, 2.45) is 10.9 Å². The second-order valence-corrected chi connectivity index (χ2v) is 2.92. The zero-order valence-electron chi connectivity index (χ0n) is 5.47. The van der Waals surface area contributed by atoms with E-state index in [1.54, 1.807) is 0 Å². The summed E-state index contributed by atoms with van der Waals surface area (Å²) in [5, 5.41) is 1.05.